The lowest BCUT2D eigenvalue weighted by Crippen LogP contribution is -2.44. The van der Waals surface area contributed by atoms with E-state index in [4.69, 9.17) is 0 Å². The van der Waals surface area contributed by atoms with Crippen LogP contribution in [0.5, 0.6) is 0 Å². The fourth-order valence-electron chi connectivity index (χ4n) is 3.09. The summed E-state index contributed by atoms with van der Waals surface area (Å²) < 4.78 is 0. The third-order valence-corrected chi connectivity index (χ3v) is 4.17. The molecular formula is C14H15N3O4. The predicted octanol–water partition coefficient (Wildman–Crippen LogP) is 1.96. The van der Waals surface area contributed by atoms with Crippen molar-refractivity contribution in [2.24, 2.45) is 0 Å². The molecule has 2 aliphatic rings. The maximum Gasteiger partial charge on any atom is 0.325 e. The van der Waals surface area contributed by atoms with Crippen LogP contribution < -0.4 is 5.32 Å². The zero-order valence-electron chi connectivity index (χ0n) is 11.4. The number of rotatable bonds is 3. The Bertz CT molecular complexity index is 622. The number of nitrogens with zero attached hydrogens (tertiary/aromatic N) is 2. The summed E-state index contributed by atoms with van der Waals surface area (Å²) in [4.78, 5) is 35.9. The molecule has 2 fully saturated rings. The van der Waals surface area contributed by atoms with Gasteiger partial charge in [-0.05, 0) is 18.4 Å². The molecule has 0 radical (unpaired) electrons. The Morgan fingerprint density at radius 1 is 1.29 bits per heavy atom. The number of nitro benzene ring substituents is 1. The number of hydrogen-bond acceptors (Lipinski definition) is 4. The molecule has 7 heteroatoms. The highest BCUT2D eigenvalue weighted by molar-refractivity contribution is 6.07. The van der Waals surface area contributed by atoms with Crippen LogP contribution in [-0.4, -0.2) is 27.3 Å². The summed E-state index contributed by atoms with van der Waals surface area (Å²) in [7, 11) is 0. The second kappa shape index (κ2) is 4.83. The van der Waals surface area contributed by atoms with Gasteiger partial charge in [-0.15, -0.1) is 0 Å². The van der Waals surface area contributed by atoms with E-state index < -0.39 is 16.5 Å². The van der Waals surface area contributed by atoms with Gasteiger partial charge < -0.3 is 5.32 Å². The fraction of sp³-hybridized carbons (Fsp3) is 0.429. The number of non-ortho nitro benzene ring substituents is 1. The summed E-state index contributed by atoms with van der Waals surface area (Å²) in [6.45, 7) is 0.0636. The van der Waals surface area contributed by atoms with Gasteiger partial charge in [-0.1, -0.05) is 25.0 Å². The molecule has 3 rings (SSSR count). The molecule has 0 aromatic heterocycles. The van der Waals surface area contributed by atoms with Crippen LogP contribution in [-0.2, 0) is 11.3 Å². The molecule has 0 atom stereocenters. The van der Waals surface area contributed by atoms with Crippen molar-refractivity contribution in [1.29, 1.82) is 0 Å². The van der Waals surface area contributed by atoms with Gasteiger partial charge in [0.1, 0.15) is 5.54 Å². The van der Waals surface area contributed by atoms with Crippen LogP contribution >= 0.6 is 0 Å². The van der Waals surface area contributed by atoms with Crippen LogP contribution in [0.1, 0.15) is 31.2 Å². The summed E-state index contributed by atoms with van der Waals surface area (Å²) >= 11 is 0. The maximum atomic E-state index is 12.5. The molecule has 1 aromatic rings. The standard InChI is InChI=1S/C14H15N3O4/c18-12-14(6-1-2-7-14)15-13(19)16(12)9-10-4-3-5-11(8-10)17(20)21/h3-5,8H,1-2,6-7,9H2,(H,15,19). The van der Waals surface area contributed by atoms with Gasteiger partial charge in [-0.3, -0.25) is 19.8 Å². The van der Waals surface area contributed by atoms with Crippen LogP contribution in [0, 0.1) is 10.1 Å². The van der Waals surface area contributed by atoms with Gasteiger partial charge in [-0.2, -0.15) is 0 Å². The van der Waals surface area contributed by atoms with Crippen molar-refractivity contribution in [3.8, 4) is 0 Å². The number of benzene rings is 1. The maximum absolute atomic E-state index is 12.5. The van der Waals surface area contributed by atoms with Crippen LogP contribution in [0.3, 0.4) is 0 Å². The van der Waals surface area contributed by atoms with E-state index in [1.54, 1.807) is 12.1 Å². The largest absolute Gasteiger partial charge is 0.325 e. The summed E-state index contributed by atoms with van der Waals surface area (Å²) in [6.07, 6.45) is 3.19. The normalized spacial score (nSPS) is 20.1. The van der Waals surface area contributed by atoms with Crippen LogP contribution in [0.25, 0.3) is 0 Å². The molecule has 1 aliphatic carbocycles. The smallest absolute Gasteiger partial charge is 0.323 e. The number of carbonyl (C=O) groups excluding carboxylic acids is 2. The summed E-state index contributed by atoms with van der Waals surface area (Å²) in [5.41, 5.74) is -0.212. The molecule has 110 valence electrons. The Morgan fingerprint density at radius 3 is 2.67 bits per heavy atom. The van der Waals surface area contributed by atoms with Crippen molar-refractivity contribution in [2.45, 2.75) is 37.8 Å². The first-order valence-corrected chi connectivity index (χ1v) is 6.89. The highest BCUT2D eigenvalue weighted by Gasteiger charge is 2.52. The molecule has 1 saturated heterocycles. The molecular weight excluding hydrogens is 274 g/mol. The lowest BCUT2D eigenvalue weighted by molar-refractivity contribution is -0.384. The van der Waals surface area contributed by atoms with Crippen molar-refractivity contribution in [2.75, 3.05) is 0 Å². The average Bonchev–Trinajstić information content (AvgIpc) is 3.01. The van der Waals surface area contributed by atoms with E-state index in [-0.39, 0.29) is 18.1 Å². The van der Waals surface area contributed by atoms with Gasteiger partial charge in [0.2, 0.25) is 0 Å². The first-order valence-electron chi connectivity index (χ1n) is 6.89. The molecule has 1 N–H and O–H groups in total. The van der Waals surface area contributed by atoms with E-state index in [9.17, 15) is 19.7 Å². The molecule has 0 bridgehead atoms. The van der Waals surface area contributed by atoms with E-state index in [2.05, 4.69) is 5.32 Å². The molecule has 7 nitrogen and oxygen atoms in total. The molecule has 1 saturated carbocycles. The molecule has 3 amide bonds. The number of urea groups is 1. The van der Waals surface area contributed by atoms with E-state index in [1.807, 2.05) is 0 Å². The highest BCUT2D eigenvalue weighted by Crippen LogP contribution is 2.35. The minimum absolute atomic E-state index is 0.0462. The zero-order chi connectivity index (χ0) is 15.0. The minimum atomic E-state index is -0.738. The molecule has 1 aliphatic heterocycles. The molecule has 21 heavy (non-hydrogen) atoms. The Hall–Kier alpha value is -2.44. The second-order valence-corrected chi connectivity index (χ2v) is 5.54. The Labute approximate surface area is 121 Å². The van der Waals surface area contributed by atoms with Gasteiger partial charge in [0.05, 0.1) is 11.5 Å². The minimum Gasteiger partial charge on any atom is -0.323 e. The molecule has 1 spiro atoms. The Morgan fingerprint density at radius 2 is 2.00 bits per heavy atom. The van der Waals surface area contributed by atoms with Gasteiger partial charge >= 0.3 is 6.03 Å². The third-order valence-electron chi connectivity index (χ3n) is 4.17. The van der Waals surface area contributed by atoms with E-state index in [0.717, 1.165) is 17.7 Å². The number of nitro groups is 1. The topological polar surface area (TPSA) is 92.6 Å². The van der Waals surface area contributed by atoms with E-state index in [0.29, 0.717) is 18.4 Å². The van der Waals surface area contributed by atoms with E-state index in [1.165, 1.54) is 12.1 Å². The SMILES string of the molecule is O=C1NC2(CCCC2)C(=O)N1Cc1cccc([N+](=O)[O-])c1. The van der Waals surface area contributed by atoms with Crippen LogP contribution in [0.2, 0.25) is 0 Å². The zero-order valence-corrected chi connectivity index (χ0v) is 11.4. The number of nitrogens with one attached hydrogen (secondary N) is 1. The lowest BCUT2D eigenvalue weighted by Gasteiger charge is -2.20. The number of hydrogen-bond donors (Lipinski definition) is 1. The first kappa shape index (κ1) is 13.5. The van der Waals surface area contributed by atoms with Crippen molar-refractivity contribution >= 4 is 17.6 Å². The highest BCUT2D eigenvalue weighted by atomic mass is 16.6. The van der Waals surface area contributed by atoms with Crippen molar-refractivity contribution in [3.63, 3.8) is 0 Å². The van der Waals surface area contributed by atoms with Crippen molar-refractivity contribution in [3.05, 3.63) is 39.9 Å². The van der Waals surface area contributed by atoms with Gasteiger partial charge in [0.15, 0.2) is 0 Å². The van der Waals surface area contributed by atoms with Gasteiger partial charge in [-0.25, -0.2) is 4.79 Å². The van der Waals surface area contributed by atoms with Crippen molar-refractivity contribution < 1.29 is 14.5 Å². The Kier molecular flexibility index (Phi) is 3.12. The Balaban J connectivity index is 1.82. The summed E-state index contributed by atoms with van der Waals surface area (Å²) in [5, 5.41) is 13.6. The summed E-state index contributed by atoms with van der Waals surface area (Å²) in [6, 6.07) is 5.59. The predicted molar refractivity (Wildman–Crippen MR) is 73.4 cm³/mol. The monoisotopic (exact) mass is 289 g/mol. The molecule has 0 unspecified atom stereocenters. The average molecular weight is 289 g/mol. The van der Waals surface area contributed by atoms with E-state index >= 15 is 0 Å². The number of carbonyl (C=O) groups is 2. The fourth-order valence-corrected chi connectivity index (χ4v) is 3.09. The van der Waals surface area contributed by atoms with Gasteiger partial charge in [0.25, 0.3) is 11.6 Å². The number of amides is 3. The second-order valence-electron chi connectivity index (χ2n) is 5.54. The van der Waals surface area contributed by atoms with Crippen molar-refractivity contribution in [1.82, 2.24) is 10.2 Å². The number of imide groups is 1. The van der Waals surface area contributed by atoms with Crippen LogP contribution in [0.4, 0.5) is 10.5 Å². The van der Waals surface area contributed by atoms with Gasteiger partial charge in [0, 0.05) is 12.1 Å². The van der Waals surface area contributed by atoms with Crippen LogP contribution in [0.15, 0.2) is 24.3 Å². The first-order chi connectivity index (χ1) is 10.0. The summed E-state index contributed by atoms with van der Waals surface area (Å²) in [5.74, 6) is -0.212. The quantitative estimate of drug-likeness (QED) is 0.523. The molecule has 1 heterocycles. The lowest BCUT2D eigenvalue weighted by atomic mass is 9.98. The third kappa shape index (κ3) is 2.24. The molecule has 1 aromatic carbocycles.